The van der Waals surface area contributed by atoms with Gasteiger partial charge in [-0.05, 0) is 12.5 Å². The van der Waals surface area contributed by atoms with Gasteiger partial charge in [-0.1, -0.05) is 12.1 Å². The van der Waals surface area contributed by atoms with Crippen molar-refractivity contribution >= 4 is 5.97 Å². The minimum Gasteiger partial charge on any atom is -0.493 e. The largest absolute Gasteiger partial charge is 0.493 e. The summed E-state index contributed by atoms with van der Waals surface area (Å²) in [6.07, 6.45) is 0.559. The number of methoxy groups -OCH3 is 3. The molecule has 0 radical (unpaired) electrons. The molecular weight excluding hydrogens is 234 g/mol. The van der Waals surface area contributed by atoms with E-state index >= 15 is 0 Å². The van der Waals surface area contributed by atoms with Gasteiger partial charge in [0.05, 0.1) is 21.3 Å². The van der Waals surface area contributed by atoms with Crippen molar-refractivity contribution in [2.75, 3.05) is 21.3 Å². The lowest BCUT2D eigenvalue weighted by atomic mass is 10.0. The van der Waals surface area contributed by atoms with E-state index < -0.39 is 11.5 Å². The van der Waals surface area contributed by atoms with Crippen LogP contribution in [-0.2, 0) is 9.53 Å². The predicted octanol–water partition coefficient (Wildman–Crippen LogP) is 1.06. The second-order valence-corrected chi connectivity index (χ2v) is 4.37. The summed E-state index contributed by atoms with van der Waals surface area (Å²) in [6.45, 7) is 0. The topological polar surface area (TPSA) is 70.8 Å². The van der Waals surface area contributed by atoms with Crippen molar-refractivity contribution < 1.29 is 19.0 Å². The van der Waals surface area contributed by atoms with Crippen LogP contribution in [-0.4, -0.2) is 32.8 Å². The van der Waals surface area contributed by atoms with E-state index in [-0.39, 0.29) is 5.92 Å². The van der Waals surface area contributed by atoms with Gasteiger partial charge in [-0.2, -0.15) is 0 Å². The van der Waals surface area contributed by atoms with Crippen LogP contribution in [0.3, 0.4) is 0 Å². The Morgan fingerprint density at radius 3 is 2.61 bits per heavy atom. The van der Waals surface area contributed by atoms with Crippen molar-refractivity contribution in [3.8, 4) is 11.5 Å². The molecule has 2 atom stereocenters. The van der Waals surface area contributed by atoms with Crippen LogP contribution in [0.25, 0.3) is 0 Å². The molecule has 0 heterocycles. The maximum Gasteiger partial charge on any atom is 0.326 e. The molecule has 1 aliphatic carbocycles. The zero-order valence-corrected chi connectivity index (χ0v) is 10.7. The molecule has 1 fully saturated rings. The molecule has 0 saturated heterocycles. The SMILES string of the molecule is COC(=O)C1(N)CC1c1cccc(OC)c1OC. The summed E-state index contributed by atoms with van der Waals surface area (Å²) < 4.78 is 15.3. The minimum absolute atomic E-state index is 0.0880. The summed E-state index contributed by atoms with van der Waals surface area (Å²) in [5.41, 5.74) is 5.96. The first-order valence-corrected chi connectivity index (χ1v) is 5.66. The zero-order valence-electron chi connectivity index (χ0n) is 10.7. The molecule has 0 amide bonds. The van der Waals surface area contributed by atoms with Gasteiger partial charge >= 0.3 is 5.97 Å². The molecule has 98 valence electrons. The highest BCUT2D eigenvalue weighted by atomic mass is 16.5. The lowest BCUT2D eigenvalue weighted by Crippen LogP contribution is -2.36. The quantitative estimate of drug-likeness (QED) is 0.810. The van der Waals surface area contributed by atoms with Gasteiger partial charge in [-0.3, -0.25) is 4.79 Å². The van der Waals surface area contributed by atoms with Crippen molar-refractivity contribution in [1.29, 1.82) is 0 Å². The van der Waals surface area contributed by atoms with Crippen molar-refractivity contribution in [3.63, 3.8) is 0 Å². The van der Waals surface area contributed by atoms with Crippen molar-refractivity contribution in [3.05, 3.63) is 23.8 Å². The smallest absolute Gasteiger partial charge is 0.326 e. The van der Waals surface area contributed by atoms with Crippen LogP contribution in [0.2, 0.25) is 0 Å². The standard InChI is InChI=1S/C13H17NO4/c1-16-10-6-4-5-8(11(10)17-2)9-7-13(9,14)12(15)18-3/h4-6,9H,7,14H2,1-3H3. The van der Waals surface area contributed by atoms with Crippen LogP contribution in [0.5, 0.6) is 11.5 Å². The van der Waals surface area contributed by atoms with E-state index in [4.69, 9.17) is 19.9 Å². The lowest BCUT2D eigenvalue weighted by Gasteiger charge is -2.14. The van der Waals surface area contributed by atoms with Crippen LogP contribution < -0.4 is 15.2 Å². The van der Waals surface area contributed by atoms with Crippen molar-refractivity contribution in [2.45, 2.75) is 17.9 Å². The summed E-state index contributed by atoms with van der Waals surface area (Å²) in [7, 11) is 4.49. The molecule has 0 bridgehead atoms. The second-order valence-electron chi connectivity index (χ2n) is 4.37. The molecule has 2 unspecified atom stereocenters. The van der Waals surface area contributed by atoms with Crippen LogP contribution in [0.1, 0.15) is 17.9 Å². The Morgan fingerprint density at radius 1 is 1.33 bits per heavy atom. The third kappa shape index (κ3) is 1.80. The molecule has 5 heteroatoms. The van der Waals surface area contributed by atoms with E-state index in [0.717, 1.165) is 5.56 Å². The van der Waals surface area contributed by atoms with E-state index in [1.54, 1.807) is 20.3 Å². The first-order chi connectivity index (χ1) is 8.58. The minimum atomic E-state index is -0.936. The Kier molecular flexibility index (Phi) is 3.17. The Morgan fingerprint density at radius 2 is 2.06 bits per heavy atom. The third-order valence-corrected chi connectivity index (χ3v) is 3.38. The van der Waals surface area contributed by atoms with E-state index in [9.17, 15) is 4.79 Å². The molecule has 18 heavy (non-hydrogen) atoms. The molecule has 1 aromatic carbocycles. The number of benzene rings is 1. The van der Waals surface area contributed by atoms with Gasteiger partial charge < -0.3 is 19.9 Å². The molecule has 2 N–H and O–H groups in total. The molecule has 1 aromatic rings. The van der Waals surface area contributed by atoms with Gasteiger partial charge in [0.2, 0.25) is 0 Å². The third-order valence-electron chi connectivity index (χ3n) is 3.38. The summed E-state index contributed by atoms with van der Waals surface area (Å²) >= 11 is 0. The number of carbonyl (C=O) groups excluding carboxylic acids is 1. The van der Waals surface area contributed by atoms with Crippen LogP contribution in [0.4, 0.5) is 0 Å². The Labute approximate surface area is 106 Å². The van der Waals surface area contributed by atoms with Gasteiger partial charge in [0.1, 0.15) is 5.54 Å². The fraction of sp³-hybridized carbons (Fsp3) is 0.462. The van der Waals surface area contributed by atoms with Gasteiger partial charge in [0.15, 0.2) is 11.5 Å². The second kappa shape index (κ2) is 4.49. The number of ether oxygens (including phenoxy) is 3. The average Bonchev–Trinajstić information content (AvgIpc) is 3.10. The predicted molar refractivity (Wildman–Crippen MR) is 65.8 cm³/mol. The van der Waals surface area contributed by atoms with Crippen molar-refractivity contribution in [1.82, 2.24) is 0 Å². The Balaban J connectivity index is 2.34. The first kappa shape index (κ1) is 12.7. The van der Waals surface area contributed by atoms with Crippen LogP contribution in [0, 0.1) is 0 Å². The molecule has 2 rings (SSSR count). The monoisotopic (exact) mass is 251 g/mol. The van der Waals surface area contributed by atoms with E-state index in [1.165, 1.54) is 7.11 Å². The summed E-state index contributed by atoms with van der Waals surface area (Å²) in [5, 5.41) is 0. The highest BCUT2D eigenvalue weighted by Crippen LogP contribution is 2.54. The molecule has 5 nitrogen and oxygen atoms in total. The number of carbonyl (C=O) groups is 1. The molecule has 1 saturated carbocycles. The van der Waals surface area contributed by atoms with Gasteiger partial charge in [0, 0.05) is 11.5 Å². The van der Waals surface area contributed by atoms with Gasteiger partial charge in [-0.25, -0.2) is 0 Å². The molecular formula is C13H17NO4. The van der Waals surface area contributed by atoms with Crippen LogP contribution in [0.15, 0.2) is 18.2 Å². The normalized spacial score (nSPS) is 25.4. The highest BCUT2D eigenvalue weighted by molar-refractivity contribution is 5.87. The van der Waals surface area contributed by atoms with Crippen LogP contribution >= 0.6 is 0 Å². The maximum absolute atomic E-state index is 11.6. The highest BCUT2D eigenvalue weighted by Gasteiger charge is 2.59. The Bertz CT molecular complexity index is 474. The molecule has 0 aliphatic heterocycles. The maximum atomic E-state index is 11.6. The Hall–Kier alpha value is -1.75. The first-order valence-electron chi connectivity index (χ1n) is 5.66. The molecule has 0 aromatic heterocycles. The summed E-state index contributed by atoms with van der Waals surface area (Å²) in [6, 6.07) is 5.55. The molecule has 1 aliphatic rings. The van der Waals surface area contributed by atoms with E-state index in [1.807, 2.05) is 12.1 Å². The number of hydrogen-bond acceptors (Lipinski definition) is 5. The number of rotatable bonds is 4. The zero-order chi connectivity index (χ0) is 13.3. The van der Waals surface area contributed by atoms with Gasteiger partial charge in [-0.15, -0.1) is 0 Å². The summed E-state index contributed by atoms with van der Waals surface area (Å²) in [4.78, 5) is 11.6. The van der Waals surface area contributed by atoms with Crippen molar-refractivity contribution in [2.24, 2.45) is 5.73 Å². The number of esters is 1. The molecule has 0 spiro atoms. The van der Waals surface area contributed by atoms with Gasteiger partial charge in [0.25, 0.3) is 0 Å². The lowest BCUT2D eigenvalue weighted by molar-refractivity contribution is -0.143. The fourth-order valence-corrected chi connectivity index (χ4v) is 2.27. The number of hydrogen-bond donors (Lipinski definition) is 1. The number of para-hydroxylation sites is 1. The van der Waals surface area contributed by atoms with E-state index in [2.05, 4.69) is 0 Å². The number of nitrogens with two attached hydrogens (primary N) is 1. The summed E-state index contributed by atoms with van der Waals surface area (Å²) in [5.74, 6) is 0.780. The fourth-order valence-electron chi connectivity index (χ4n) is 2.27. The average molecular weight is 251 g/mol. The van der Waals surface area contributed by atoms with E-state index in [0.29, 0.717) is 17.9 Å².